The van der Waals surface area contributed by atoms with Crippen molar-refractivity contribution < 1.29 is 19.0 Å². The van der Waals surface area contributed by atoms with Crippen molar-refractivity contribution in [2.24, 2.45) is 4.99 Å². The number of esters is 1. The maximum absolute atomic E-state index is 14.0. The molecule has 0 N–H and O–H groups in total. The Labute approximate surface area is 272 Å². The molecule has 0 saturated carbocycles. The second-order valence-corrected chi connectivity index (χ2v) is 12.3. The highest BCUT2D eigenvalue weighted by molar-refractivity contribution is 9.10. The Morgan fingerprint density at radius 3 is 2.51 bits per heavy atom. The zero-order chi connectivity index (χ0) is 31.5. The van der Waals surface area contributed by atoms with Gasteiger partial charge in [-0.3, -0.25) is 9.36 Å². The number of hydrogen-bond acceptors (Lipinski definition) is 7. The number of ether oxygens (including phenoxy) is 3. The van der Waals surface area contributed by atoms with Crippen molar-refractivity contribution in [1.82, 2.24) is 4.57 Å². The summed E-state index contributed by atoms with van der Waals surface area (Å²) in [6, 6.07) is 27.0. The zero-order valence-corrected chi connectivity index (χ0v) is 27.5. The number of aromatic nitrogens is 1. The molecule has 45 heavy (non-hydrogen) atoms. The summed E-state index contributed by atoms with van der Waals surface area (Å²) in [7, 11) is 0. The van der Waals surface area contributed by atoms with Gasteiger partial charge in [0, 0.05) is 4.47 Å². The molecule has 1 aromatic heterocycles. The van der Waals surface area contributed by atoms with Gasteiger partial charge in [-0.25, -0.2) is 9.79 Å². The minimum Gasteiger partial charge on any atom is -0.490 e. The van der Waals surface area contributed by atoms with Crippen LogP contribution in [0.15, 0.2) is 110 Å². The zero-order valence-electron chi connectivity index (χ0n) is 25.1. The third kappa shape index (κ3) is 6.23. The standard InChI is InChI=1S/C36H31BrN2O5S/c1-4-42-30-19-23(13-18-29(30)44-21-26-11-8-10-24-9-6-7-12-28(24)26)20-31-34(40)39-33(25-14-16-27(37)17-15-25)32(35(41)43-5-2)22(3)38-36(39)45-31/h6-20,33H,4-5,21H2,1-3H3/b31-20-/t33-/m0/s1. The van der Waals surface area contributed by atoms with Crippen LogP contribution in [0.4, 0.5) is 0 Å². The van der Waals surface area contributed by atoms with Crippen LogP contribution in [0.1, 0.15) is 43.5 Å². The van der Waals surface area contributed by atoms with E-state index in [4.69, 9.17) is 14.2 Å². The second-order valence-electron chi connectivity index (χ2n) is 10.4. The van der Waals surface area contributed by atoms with E-state index >= 15 is 0 Å². The number of thiazole rings is 1. The molecule has 0 bridgehead atoms. The van der Waals surface area contributed by atoms with Gasteiger partial charge in [-0.05, 0) is 78.6 Å². The number of hydrogen-bond donors (Lipinski definition) is 0. The van der Waals surface area contributed by atoms with Crippen LogP contribution in [0.25, 0.3) is 16.8 Å². The first kappa shape index (κ1) is 30.6. The van der Waals surface area contributed by atoms with Gasteiger partial charge in [-0.1, -0.05) is 87.9 Å². The molecule has 0 aliphatic carbocycles. The molecule has 9 heteroatoms. The molecule has 228 valence electrons. The Hall–Kier alpha value is -4.47. The van der Waals surface area contributed by atoms with E-state index in [0.29, 0.717) is 45.3 Å². The summed E-state index contributed by atoms with van der Waals surface area (Å²) in [5.74, 6) is 0.724. The van der Waals surface area contributed by atoms with Crippen molar-refractivity contribution in [2.45, 2.75) is 33.4 Å². The van der Waals surface area contributed by atoms with Crippen molar-refractivity contribution in [3.8, 4) is 11.5 Å². The molecular weight excluding hydrogens is 652 g/mol. The lowest BCUT2D eigenvalue weighted by molar-refractivity contribution is -0.139. The average molecular weight is 684 g/mol. The molecule has 0 amide bonds. The minimum atomic E-state index is -0.667. The van der Waals surface area contributed by atoms with Crippen LogP contribution < -0.4 is 24.4 Å². The third-order valence-electron chi connectivity index (χ3n) is 7.53. The lowest BCUT2D eigenvalue weighted by Gasteiger charge is -2.24. The van der Waals surface area contributed by atoms with E-state index in [2.05, 4.69) is 45.2 Å². The van der Waals surface area contributed by atoms with Crippen molar-refractivity contribution in [3.05, 3.63) is 137 Å². The predicted molar refractivity (Wildman–Crippen MR) is 180 cm³/mol. The number of allylic oxidation sites excluding steroid dienone is 1. The Bertz CT molecular complexity index is 2110. The van der Waals surface area contributed by atoms with Gasteiger partial charge in [-0.15, -0.1) is 0 Å². The Morgan fingerprint density at radius 1 is 0.956 bits per heavy atom. The van der Waals surface area contributed by atoms with Gasteiger partial charge in [0.2, 0.25) is 0 Å². The van der Waals surface area contributed by atoms with Gasteiger partial charge in [0.25, 0.3) is 5.56 Å². The minimum absolute atomic E-state index is 0.219. The van der Waals surface area contributed by atoms with E-state index in [0.717, 1.165) is 31.9 Å². The Morgan fingerprint density at radius 2 is 1.73 bits per heavy atom. The van der Waals surface area contributed by atoms with E-state index < -0.39 is 12.0 Å². The number of fused-ring (bicyclic) bond motifs is 2. The molecule has 2 heterocycles. The second kappa shape index (κ2) is 13.3. The monoisotopic (exact) mass is 682 g/mol. The van der Waals surface area contributed by atoms with Crippen molar-refractivity contribution in [3.63, 3.8) is 0 Å². The quantitative estimate of drug-likeness (QED) is 0.162. The summed E-state index contributed by atoms with van der Waals surface area (Å²) in [6.07, 6.45) is 1.82. The molecule has 1 atom stereocenters. The number of nitrogens with zero attached hydrogens (tertiary/aromatic N) is 2. The highest BCUT2D eigenvalue weighted by Gasteiger charge is 2.33. The number of rotatable bonds is 9. The molecule has 0 radical (unpaired) electrons. The molecule has 4 aromatic carbocycles. The van der Waals surface area contributed by atoms with Gasteiger partial charge in [0.15, 0.2) is 16.3 Å². The van der Waals surface area contributed by atoms with Gasteiger partial charge < -0.3 is 14.2 Å². The van der Waals surface area contributed by atoms with E-state index in [-0.39, 0.29) is 12.2 Å². The van der Waals surface area contributed by atoms with E-state index in [1.54, 1.807) is 18.4 Å². The fraction of sp³-hybridized carbons (Fsp3) is 0.194. The first-order valence-electron chi connectivity index (χ1n) is 14.7. The molecule has 1 aliphatic heterocycles. The predicted octanol–water partition coefficient (Wildman–Crippen LogP) is 6.69. The largest absolute Gasteiger partial charge is 0.490 e. The van der Waals surface area contributed by atoms with Gasteiger partial charge >= 0.3 is 5.97 Å². The summed E-state index contributed by atoms with van der Waals surface area (Å²) in [6.45, 7) is 6.52. The van der Waals surface area contributed by atoms with E-state index in [1.807, 2.05) is 73.7 Å². The number of carbonyl (C=O) groups excluding carboxylic acids is 1. The molecular formula is C36H31BrN2O5S. The normalized spacial score (nSPS) is 14.7. The fourth-order valence-corrected chi connectivity index (χ4v) is 6.79. The summed E-state index contributed by atoms with van der Waals surface area (Å²) >= 11 is 4.76. The average Bonchev–Trinajstić information content (AvgIpc) is 3.34. The number of halogens is 1. The molecule has 0 saturated heterocycles. The van der Waals surface area contributed by atoms with Crippen molar-refractivity contribution >= 4 is 50.1 Å². The van der Waals surface area contributed by atoms with Crippen LogP contribution in [0, 0.1) is 0 Å². The number of carbonyl (C=O) groups is 1. The van der Waals surface area contributed by atoms with Crippen LogP contribution in [0.2, 0.25) is 0 Å². The first-order chi connectivity index (χ1) is 21.9. The maximum atomic E-state index is 14.0. The fourth-order valence-electron chi connectivity index (χ4n) is 5.48. The van der Waals surface area contributed by atoms with Crippen LogP contribution in [0.3, 0.4) is 0 Å². The molecule has 0 spiro atoms. The van der Waals surface area contributed by atoms with Crippen LogP contribution in [-0.4, -0.2) is 23.8 Å². The third-order valence-corrected chi connectivity index (χ3v) is 9.04. The summed E-state index contributed by atoms with van der Waals surface area (Å²) in [5, 5.41) is 2.31. The van der Waals surface area contributed by atoms with Gasteiger partial charge in [0.05, 0.1) is 35.1 Å². The van der Waals surface area contributed by atoms with Crippen LogP contribution in [0.5, 0.6) is 11.5 Å². The highest BCUT2D eigenvalue weighted by Crippen LogP contribution is 2.32. The van der Waals surface area contributed by atoms with Gasteiger partial charge in [-0.2, -0.15) is 0 Å². The lowest BCUT2D eigenvalue weighted by atomic mass is 9.96. The summed E-state index contributed by atoms with van der Waals surface area (Å²) < 4.78 is 20.6. The van der Waals surface area contributed by atoms with Crippen LogP contribution >= 0.6 is 27.3 Å². The van der Waals surface area contributed by atoms with E-state index in [1.165, 1.54) is 11.3 Å². The molecule has 1 aliphatic rings. The van der Waals surface area contributed by atoms with Gasteiger partial charge in [0.1, 0.15) is 6.61 Å². The Kier molecular flexibility index (Phi) is 9.00. The number of benzene rings is 4. The summed E-state index contributed by atoms with van der Waals surface area (Å²) in [5.41, 5.74) is 3.29. The molecule has 7 nitrogen and oxygen atoms in total. The first-order valence-corrected chi connectivity index (χ1v) is 16.3. The molecule has 5 aromatic rings. The maximum Gasteiger partial charge on any atom is 0.338 e. The van der Waals surface area contributed by atoms with E-state index in [9.17, 15) is 9.59 Å². The molecule has 6 rings (SSSR count). The summed E-state index contributed by atoms with van der Waals surface area (Å²) in [4.78, 5) is 32.3. The van der Waals surface area contributed by atoms with Crippen molar-refractivity contribution in [1.29, 1.82) is 0 Å². The topological polar surface area (TPSA) is 79.1 Å². The van der Waals surface area contributed by atoms with Crippen LogP contribution in [-0.2, 0) is 16.1 Å². The molecule has 0 unspecified atom stereocenters. The SMILES string of the molecule is CCOC(=O)C1=C(C)N=c2s/c(=C\c3ccc(OCc4cccc5ccccc45)c(OCC)c3)c(=O)n2[C@H]1c1ccc(Br)cc1. The smallest absolute Gasteiger partial charge is 0.338 e. The highest BCUT2D eigenvalue weighted by atomic mass is 79.9. The molecule has 0 fully saturated rings. The Balaban J connectivity index is 1.37. The lowest BCUT2D eigenvalue weighted by Crippen LogP contribution is -2.39. The van der Waals surface area contributed by atoms with Crippen molar-refractivity contribution in [2.75, 3.05) is 13.2 Å².